The molecule has 0 saturated carbocycles. The number of aliphatic hydroxyl groups excluding tert-OH is 4. The van der Waals surface area contributed by atoms with Crippen molar-refractivity contribution in [3.8, 4) is 0 Å². The van der Waals surface area contributed by atoms with Gasteiger partial charge >= 0.3 is 31.5 Å². The Kier molecular flexibility index (Phi) is 24.1. The Bertz CT molecular complexity index is 1530. The average Bonchev–Trinajstić information content (AvgIpc) is 3.22. The van der Waals surface area contributed by atoms with Crippen LogP contribution in [0.3, 0.4) is 0 Å². The first-order valence-corrected chi connectivity index (χ1v) is 23.4. The van der Waals surface area contributed by atoms with Gasteiger partial charge in [-0.25, -0.2) is 0 Å². The quantitative estimate of drug-likeness (QED) is 0.0327. The normalized spacial score (nSPS) is 28.1. The number of carbonyl (C=O) groups is 6. The molecule has 0 spiro atoms. The van der Waals surface area contributed by atoms with Gasteiger partial charge in [0.25, 0.3) is 0 Å². The fourth-order valence-electron chi connectivity index (χ4n) is 6.83. The number of hydrogen-bond acceptors (Lipinski definition) is 18. The Balaban J connectivity index is 2.59. The van der Waals surface area contributed by atoms with Crippen LogP contribution in [-0.2, 0) is 66.5 Å². The fraction of sp³-hybridized carbons (Fsp3) is 0.850. The van der Waals surface area contributed by atoms with E-state index in [0.29, 0.717) is 6.42 Å². The predicted octanol–water partition coefficient (Wildman–Crippen LogP) is 0.226. The lowest BCUT2D eigenvalue weighted by molar-refractivity contribution is -0.293. The van der Waals surface area contributed by atoms with E-state index in [2.05, 4.69) is 10.6 Å². The minimum Gasteiger partial charge on any atom is -0.462 e. The van der Waals surface area contributed by atoms with Gasteiger partial charge in [0.2, 0.25) is 11.8 Å². The van der Waals surface area contributed by atoms with E-state index in [-0.39, 0.29) is 44.4 Å². The first kappa shape index (κ1) is 55.8. The minimum atomic E-state index is -4.99. The van der Waals surface area contributed by atoms with Crippen LogP contribution in [0.25, 0.3) is 0 Å². The number of esters is 4. The third-order valence-electron chi connectivity index (χ3n) is 10.8. The zero-order valence-electron chi connectivity index (χ0n) is 37.1. The van der Waals surface area contributed by atoms with Crippen molar-refractivity contribution < 1.29 is 96.7 Å². The number of nitrogens with one attached hydrogen (secondary N) is 2. The third kappa shape index (κ3) is 18.6. The van der Waals surface area contributed by atoms with Crippen LogP contribution in [-0.4, -0.2) is 159 Å². The van der Waals surface area contributed by atoms with E-state index in [0.717, 1.165) is 0 Å². The van der Waals surface area contributed by atoms with E-state index in [4.69, 9.17) is 33.2 Å². The Labute approximate surface area is 367 Å². The van der Waals surface area contributed by atoms with Crippen molar-refractivity contribution >= 4 is 43.3 Å². The van der Waals surface area contributed by atoms with Gasteiger partial charge < -0.3 is 74.0 Å². The SMILES string of the molecule is CCC(=O)O[C@H](CC)CC(=O)NC1[C@H](OCC2OC(O)C(NC(=O)C[C@H](C)CC)[C@@H](OC(=O)C[C@H](O)CC)[C@@H]2O)OC(CO)[C@@H](CP(=O)(O)O)[C@@H]1OC(=O)C[C@@H](CC)OC(=O)CC. The van der Waals surface area contributed by atoms with Gasteiger partial charge in [-0.1, -0.05) is 54.9 Å². The molecule has 2 aliphatic rings. The molecule has 2 heterocycles. The number of carbonyl (C=O) groups excluding carboxylic acids is 6. The monoisotopic (exact) mass is 928 g/mol. The standard InChI is InChI=1S/C40H69N2O20P/c1-8-21(7)14-28(45)41-34-38(62-32(49)15-22(44)9-2)36(51)27(59-39(34)52)19-56-40-35(42-29(46)16-23(10-3)57-30(47)12-5)37(25(20-63(53,54)55)26(18-43)60-40)61-33(50)17-24(11-4)58-31(48)13-6/h21-27,34-40,43-44,51-52H,8-20H2,1-7H3,(H,41,45)(H,42,46)(H2,53,54,55)/t21-,22-,23-,24-,25-,26?,27?,34?,35?,36-,37+,38-,39?,40-/m1/s1. The molecular weight excluding hydrogens is 859 g/mol. The van der Waals surface area contributed by atoms with Gasteiger partial charge in [0.15, 0.2) is 18.7 Å². The van der Waals surface area contributed by atoms with Crippen molar-refractivity contribution in [2.24, 2.45) is 11.8 Å². The number of amides is 2. The molecule has 63 heavy (non-hydrogen) atoms. The van der Waals surface area contributed by atoms with Crippen LogP contribution in [0.2, 0.25) is 0 Å². The summed E-state index contributed by atoms with van der Waals surface area (Å²) in [7, 11) is -4.99. The largest absolute Gasteiger partial charge is 0.462 e. The molecule has 2 saturated heterocycles. The Hall–Kier alpha value is -3.31. The van der Waals surface area contributed by atoms with Gasteiger partial charge in [-0.05, 0) is 25.2 Å². The molecule has 0 aliphatic carbocycles. The van der Waals surface area contributed by atoms with Crippen molar-refractivity contribution in [1.29, 1.82) is 0 Å². The molecule has 14 atom stereocenters. The van der Waals surface area contributed by atoms with E-state index in [1.54, 1.807) is 34.6 Å². The molecule has 2 aliphatic heterocycles. The predicted molar refractivity (Wildman–Crippen MR) is 218 cm³/mol. The summed E-state index contributed by atoms with van der Waals surface area (Å²) in [6.07, 6.45) is -16.3. The molecule has 8 N–H and O–H groups in total. The van der Waals surface area contributed by atoms with Crippen LogP contribution < -0.4 is 10.6 Å². The first-order chi connectivity index (χ1) is 29.6. The lowest BCUT2D eigenvalue weighted by Crippen LogP contribution is -2.67. The number of hydrogen-bond donors (Lipinski definition) is 8. The summed E-state index contributed by atoms with van der Waals surface area (Å²) >= 11 is 0. The van der Waals surface area contributed by atoms with Crippen molar-refractivity contribution in [3.05, 3.63) is 0 Å². The van der Waals surface area contributed by atoms with Crippen LogP contribution in [0.1, 0.15) is 113 Å². The molecule has 0 aromatic rings. The van der Waals surface area contributed by atoms with Crippen LogP contribution in [0, 0.1) is 11.8 Å². The van der Waals surface area contributed by atoms with Gasteiger partial charge in [0, 0.05) is 25.2 Å². The Morgan fingerprint density at radius 3 is 1.75 bits per heavy atom. The van der Waals surface area contributed by atoms with Crippen LogP contribution in [0.4, 0.5) is 0 Å². The highest BCUT2D eigenvalue weighted by molar-refractivity contribution is 7.51. The Morgan fingerprint density at radius 1 is 0.683 bits per heavy atom. The zero-order valence-corrected chi connectivity index (χ0v) is 38.0. The molecule has 23 heteroatoms. The van der Waals surface area contributed by atoms with E-state index in [1.165, 1.54) is 0 Å². The first-order valence-electron chi connectivity index (χ1n) is 21.6. The summed E-state index contributed by atoms with van der Waals surface area (Å²) < 4.78 is 52.2. The molecule has 364 valence electrons. The van der Waals surface area contributed by atoms with Crippen molar-refractivity contribution in [3.63, 3.8) is 0 Å². The van der Waals surface area contributed by atoms with Crippen molar-refractivity contribution in [2.45, 2.75) is 186 Å². The molecular formula is C40H69N2O20P. The summed E-state index contributed by atoms with van der Waals surface area (Å²) in [6, 6.07) is -3.15. The maximum absolute atomic E-state index is 13.7. The van der Waals surface area contributed by atoms with Crippen LogP contribution in [0.15, 0.2) is 0 Å². The zero-order chi connectivity index (χ0) is 47.6. The van der Waals surface area contributed by atoms with Crippen molar-refractivity contribution in [2.75, 3.05) is 19.4 Å². The minimum absolute atomic E-state index is 0.00260. The Morgan fingerprint density at radius 2 is 1.22 bits per heavy atom. The maximum atomic E-state index is 13.7. The molecule has 22 nitrogen and oxygen atoms in total. The summed E-state index contributed by atoms with van der Waals surface area (Å²) in [6.45, 7) is 10.0. The van der Waals surface area contributed by atoms with Crippen molar-refractivity contribution in [1.82, 2.24) is 10.6 Å². The molecule has 2 fully saturated rings. The summed E-state index contributed by atoms with van der Waals surface area (Å²) in [5, 5.41) is 48.4. The highest BCUT2D eigenvalue weighted by atomic mass is 31.2. The van der Waals surface area contributed by atoms with E-state index in [1.807, 2.05) is 13.8 Å². The van der Waals surface area contributed by atoms with E-state index in [9.17, 15) is 63.5 Å². The second-order valence-electron chi connectivity index (χ2n) is 15.9. The maximum Gasteiger partial charge on any atom is 0.326 e. The number of rotatable bonds is 26. The summed E-state index contributed by atoms with van der Waals surface area (Å²) in [5.74, 6) is -6.16. The average molecular weight is 929 g/mol. The van der Waals surface area contributed by atoms with Gasteiger partial charge in [0.1, 0.15) is 42.6 Å². The third-order valence-corrected chi connectivity index (χ3v) is 11.7. The molecule has 0 radical (unpaired) electrons. The number of ether oxygens (including phenoxy) is 7. The molecule has 2 rings (SSSR count). The topological polar surface area (TPSA) is 330 Å². The van der Waals surface area contributed by atoms with Gasteiger partial charge in [-0.2, -0.15) is 0 Å². The lowest BCUT2D eigenvalue weighted by Gasteiger charge is -2.47. The fourth-order valence-corrected chi connectivity index (χ4v) is 7.82. The van der Waals surface area contributed by atoms with Crippen LogP contribution >= 0.6 is 7.60 Å². The van der Waals surface area contributed by atoms with Gasteiger partial charge in [-0.15, -0.1) is 0 Å². The molecule has 0 aromatic carbocycles. The lowest BCUT2D eigenvalue weighted by atomic mass is 9.88. The summed E-state index contributed by atoms with van der Waals surface area (Å²) in [4.78, 5) is 97.4. The molecule has 0 bridgehead atoms. The van der Waals surface area contributed by atoms with Gasteiger partial charge in [-0.3, -0.25) is 33.3 Å². The molecule has 0 aromatic heterocycles. The van der Waals surface area contributed by atoms with Gasteiger partial charge in [0.05, 0.1) is 50.8 Å². The molecule has 2 amide bonds. The second kappa shape index (κ2) is 27.2. The second-order valence-corrected chi connectivity index (χ2v) is 17.6. The number of aliphatic hydroxyl groups is 4. The highest BCUT2D eigenvalue weighted by Crippen LogP contribution is 2.43. The van der Waals surface area contributed by atoms with E-state index < -0.39 is 161 Å². The smallest absolute Gasteiger partial charge is 0.326 e. The van der Waals surface area contributed by atoms with Crippen LogP contribution in [0.5, 0.6) is 0 Å². The molecule has 5 unspecified atom stereocenters. The highest BCUT2D eigenvalue weighted by Gasteiger charge is 2.53. The summed E-state index contributed by atoms with van der Waals surface area (Å²) in [5.41, 5.74) is 0. The van der Waals surface area contributed by atoms with E-state index >= 15 is 0 Å².